The molecular formula is C15H12ClN5O2. The van der Waals surface area contributed by atoms with E-state index in [2.05, 4.69) is 20.8 Å². The summed E-state index contributed by atoms with van der Waals surface area (Å²) in [6, 6.07) is 12.0. The predicted molar refractivity (Wildman–Crippen MR) is 85.1 cm³/mol. The number of amides is 1. The minimum absolute atomic E-state index is 0.302. The Morgan fingerprint density at radius 2 is 2.09 bits per heavy atom. The number of carbonyl (C=O) groups is 1. The van der Waals surface area contributed by atoms with Crippen LogP contribution in [0.5, 0.6) is 5.75 Å². The number of aromatic nitrogens is 4. The van der Waals surface area contributed by atoms with Crippen LogP contribution in [0.15, 0.2) is 48.8 Å². The Hall–Kier alpha value is -2.93. The van der Waals surface area contributed by atoms with Crippen LogP contribution in [-0.2, 0) is 0 Å². The van der Waals surface area contributed by atoms with Gasteiger partial charge in [-0.2, -0.15) is 4.68 Å². The van der Waals surface area contributed by atoms with E-state index in [0.717, 1.165) is 0 Å². The summed E-state index contributed by atoms with van der Waals surface area (Å²) in [6.45, 7) is 0. The van der Waals surface area contributed by atoms with Gasteiger partial charge in [0.05, 0.1) is 17.7 Å². The molecule has 0 unspecified atom stereocenters. The standard InChI is InChI=1S/C15H12ClN5O2/c1-23-14-7-6-10(8-13(14)21-9-17-19-20-21)18-15(22)11-4-2-3-5-12(11)16/h2-9H,1H3,(H,18,22). The fourth-order valence-electron chi connectivity index (χ4n) is 2.06. The predicted octanol–water partition coefficient (Wildman–Crippen LogP) is 2.58. The molecule has 23 heavy (non-hydrogen) atoms. The summed E-state index contributed by atoms with van der Waals surface area (Å²) in [7, 11) is 1.55. The summed E-state index contributed by atoms with van der Waals surface area (Å²) in [5, 5.41) is 14.2. The van der Waals surface area contributed by atoms with Crippen LogP contribution < -0.4 is 10.1 Å². The summed E-state index contributed by atoms with van der Waals surface area (Å²) in [5.74, 6) is 0.275. The lowest BCUT2D eigenvalue weighted by molar-refractivity contribution is 0.102. The SMILES string of the molecule is COc1ccc(NC(=O)c2ccccc2Cl)cc1-n1cnnn1. The van der Waals surface area contributed by atoms with Crippen molar-refractivity contribution in [2.24, 2.45) is 0 Å². The van der Waals surface area contributed by atoms with Gasteiger partial charge in [-0.1, -0.05) is 23.7 Å². The third-order valence-corrected chi connectivity index (χ3v) is 3.48. The van der Waals surface area contributed by atoms with Gasteiger partial charge in [0.1, 0.15) is 17.8 Å². The molecule has 7 nitrogen and oxygen atoms in total. The number of methoxy groups -OCH3 is 1. The van der Waals surface area contributed by atoms with Crippen LogP contribution in [0.25, 0.3) is 5.69 Å². The molecule has 1 N–H and O–H groups in total. The number of halogens is 1. The molecule has 3 rings (SSSR count). The smallest absolute Gasteiger partial charge is 0.257 e. The second-order valence-electron chi connectivity index (χ2n) is 4.57. The van der Waals surface area contributed by atoms with Crippen molar-refractivity contribution in [2.45, 2.75) is 0 Å². The Kier molecular flexibility index (Phi) is 4.20. The average molecular weight is 330 g/mol. The molecule has 8 heteroatoms. The van der Waals surface area contributed by atoms with Gasteiger partial charge in [-0.15, -0.1) is 5.10 Å². The fourth-order valence-corrected chi connectivity index (χ4v) is 2.28. The highest BCUT2D eigenvalue weighted by molar-refractivity contribution is 6.34. The van der Waals surface area contributed by atoms with Crippen molar-refractivity contribution in [1.82, 2.24) is 20.2 Å². The number of hydrogen-bond acceptors (Lipinski definition) is 5. The fraction of sp³-hybridized carbons (Fsp3) is 0.0667. The monoisotopic (exact) mass is 329 g/mol. The number of hydrogen-bond donors (Lipinski definition) is 1. The molecular weight excluding hydrogens is 318 g/mol. The zero-order valence-corrected chi connectivity index (χ0v) is 12.9. The number of carbonyl (C=O) groups excluding carboxylic acids is 1. The van der Waals surface area contributed by atoms with Crippen molar-refractivity contribution < 1.29 is 9.53 Å². The van der Waals surface area contributed by atoms with Crippen molar-refractivity contribution in [3.8, 4) is 11.4 Å². The Morgan fingerprint density at radius 1 is 1.26 bits per heavy atom. The minimum atomic E-state index is -0.302. The molecule has 2 aromatic carbocycles. The number of rotatable bonds is 4. The van der Waals surface area contributed by atoms with Crippen molar-refractivity contribution >= 4 is 23.2 Å². The molecule has 0 saturated heterocycles. The van der Waals surface area contributed by atoms with Crippen LogP contribution in [0.3, 0.4) is 0 Å². The number of tetrazole rings is 1. The summed E-state index contributed by atoms with van der Waals surface area (Å²) in [6.07, 6.45) is 1.44. The maximum absolute atomic E-state index is 12.3. The normalized spacial score (nSPS) is 10.3. The Bertz CT molecular complexity index is 836. The van der Waals surface area contributed by atoms with Gasteiger partial charge in [0.2, 0.25) is 0 Å². The van der Waals surface area contributed by atoms with Crippen LogP contribution in [-0.4, -0.2) is 33.2 Å². The van der Waals surface area contributed by atoms with Gasteiger partial charge >= 0.3 is 0 Å². The molecule has 0 aliphatic rings. The lowest BCUT2D eigenvalue weighted by atomic mass is 10.2. The molecule has 1 heterocycles. The van der Waals surface area contributed by atoms with Crippen LogP contribution in [0.1, 0.15) is 10.4 Å². The third kappa shape index (κ3) is 3.14. The molecule has 116 valence electrons. The number of ether oxygens (including phenoxy) is 1. The zero-order chi connectivity index (χ0) is 16.2. The number of anilines is 1. The van der Waals surface area contributed by atoms with E-state index in [1.165, 1.54) is 11.0 Å². The first-order valence-electron chi connectivity index (χ1n) is 6.66. The highest BCUT2D eigenvalue weighted by atomic mass is 35.5. The molecule has 0 radical (unpaired) electrons. The summed E-state index contributed by atoms with van der Waals surface area (Å²) in [5.41, 5.74) is 1.57. The van der Waals surface area contributed by atoms with E-state index < -0.39 is 0 Å². The van der Waals surface area contributed by atoms with Gasteiger partial charge < -0.3 is 10.1 Å². The maximum Gasteiger partial charge on any atom is 0.257 e. The molecule has 0 fully saturated rings. The lowest BCUT2D eigenvalue weighted by Crippen LogP contribution is -2.13. The van der Waals surface area contributed by atoms with Crippen LogP contribution >= 0.6 is 11.6 Å². The van der Waals surface area contributed by atoms with Gasteiger partial charge in [0.25, 0.3) is 5.91 Å². The zero-order valence-electron chi connectivity index (χ0n) is 12.1. The van der Waals surface area contributed by atoms with Crippen LogP contribution in [0, 0.1) is 0 Å². The molecule has 0 bridgehead atoms. The average Bonchev–Trinajstić information content (AvgIpc) is 3.09. The second kappa shape index (κ2) is 6.45. The molecule has 0 spiro atoms. The first-order valence-corrected chi connectivity index (χ1v) is 7.04. The Labute approximate surface area is 136 Å². The Morgan fingerprint density at radius 3 is 2.78 bits per heavy atom. The molecule has 0 aliphatic heterocycles. The topological polar surface area (TPSA) is 81.9 Å². The van der Waals surface area contributed by atoms with Crippen molar-refractivity contribution in [2.75, 3.05) is 12.4 Å². The lowest BCUT2D eigenvalue weighted by Gasteiger charge is -2.11. The first-order chi connectivity index (χ1) is 11.2. The van der Waals surface area contributed by atoms with Gasteiger partial charge in [0.15, 0.2) is 0 Å². The number of nitrogens with one attached hydrogen (secondary N) is 1. The summed E-state index contributed by atoms with van der Waals surface area (Å²) in [4.78, 5) is 12.3. The highest BCUT2D eigenvalue weighted by Crippen LogP contribution is 2.26. The van der Waals surface area contributed by atoms with Crippen molar-refractivity contribution in [3.63, 3.8) is 0 Å². The van der Waals surface area contributed by atoms with Crippen LogP contribution in [0.4, 0.5) is 5.69 Å². The van der Waals surface area contributed by atoms with Gasteiger partial charge in [-0.3, -0.25) is 4.79 Å². The van der Waals surface area contributed by atoms with E-state index in [1.54, 1.807) is 49.6 Å². The van der Waals surface area contributed by atoms with Gasteiger partial charge in [0, 0.05) is 5.69 Å². The number of nitrogens with zero attached hydrogens (tertiary/aromatic N) is 4. The minimum Gasteiger partial charge on any atom is -0.494 e. The van der Waals surface area contributed by atoms with Gasteiger partial charge in [-0.25, -0.2) is 0 Å². The second-order valence-corrected chi connectivity index (χ2v) is 4.98. The quantitative estimate of drug-likeness (QED) is 0.795. The van der Waals surface area contributed by atoms with Crippen molar-refractivity contribution in [3.05, 3.63) is 59.4 Å². The van der Waals surface area contributed by atoms with E-state index in [9.17, 15) is 4.79 Å². The molecule has 0 atom stereocenters. The molecule has 0 saturated carbocycles. The first kappa shape index (κ1) is 15.0. The molecule has 0 aliphatic carbocycles. The molecule has 3 aromatic rings. The largest absolute Gasteiger partial charge is 0.494 e. The molecule has 1 amide bonds. The summed E-state index contributed by atoms with van der Waals surface area (Å²) < 4.78 is 6.73. The maximum atomic E-state index is 12.3. The van der Waals surface area contributed by atoms with Gasteiger partial charge in [-0.05, 0) is 40.8 Å². The Balaban J connectivity index is 1.91. The summed E-state index contributed by atoms with van der Waals surface area (Å²) >= 11 is 6.03. The van der Waals surface area contributed by atoms with E-state index in [4.69, 9.17) is 16.3 Å². The van der Waals surface area contributed by atoms with E-state index in [-0.39, 0.29) is 5.91 Å². The van der Waals surface area contributed by atoms with E-state index in [0.29, 0.717) is 27.7 Å². The third-order valence-electron chi connectivity index (χ3n) is 3.15. The highest BCUT2D eigenvalue weighted by Gasteiger charge is 2.12. The molecule has 1 aromatic heterocycles. The van der Waals surface area contributed by atoms with E-state index >= 15 is 0 Å². The number of benzene rings is 2. The van der Waals surface area contributed by atoms with Crippen LogP contribution in [0.2, 0.25) is 5.02 Å². The van der Waals surface area contributed by atoms with E-state index in [1.807, 2.05) is 0 Å². The van der Waals surface area contributed by atoms with Crippen molar-refractivity contribution in [1.29, 1.82) is 0 Å².